The van der Waals surface area contributed by atoms with Gasteiger partial charge in [0.05, 0.1) is 5.56 Å². The van der Waals surface area contributed by atoms with Gasteiger partial charge in [0.25, 0.3) is 0 Å². The normalized spacial score (nSPS) is 17.9. The number of piperazine rings is 1. The fraction of sp³-hybridized carbons (Fsp3) is 0.571. The van der Waals surface area contributed by atoms with Gasteiger partial charge in [0.2, 0.25) is 6.43 Å². The average Bonchev–Trinajstić information content (AvgIpc) is 2.45. The van der Waals surface area contributed by atoms with Crippen molar-refractivity contribution in [2.24, 2.45) is 0 Å². The van der Waals surface area contributed by atoms with Crippen LogP contribution in [0.3, 0.4) is 0 Å². The van der Waals surface area contributed by atoms with E-state index in [0.29, 0.717) is 32.2 Å². The Labute approximate surface area is 136 Å². The number of hydrogen-bond acceptors (Lipinski definition) is 2. The van der Waals surface area contributed by atoms with Gasteiger partial charge in [-0.3, -0.25) is 4.90 Å². The molecule has 132 valence electrons. The van der Waals surface area contributed by atoms with Gasteiger partial charge < -0.3 is 5.32 Å². The van der Waals surface area contributed by atoms with Gasteiger partial charge >= 0.3 is 6.18 Å². The van der Waals surface area contributed by atoms with Gasteiger partial charge in [0, 0.05) is 38.6 Å². The van der Waals surface area contributed by atoms with Gasteiger partial charge in [-0.2, -0.15) is 13.2 Å². The van der Waals surface area contributed by atoms with Crippen molar-refractivity contribution in [1.82, 2.24) is 10.2 Å². The zero-order chi connectivity index (χ0) is 16.3. The highest BCUT2D eigenvalue weighted by molar-refractivity contribution is 5.85. The minimum atomic E-state index is -4.79. The lowest BCUT2D eigenvalue weighted by molar-refractivity contribution is -0.139. The molecule has 1 atom stereocenters. The van der Waals surface area contributed by atoms with Gasteiger partial charge in [0.15, 0.2) is 0 Å². The summed E-state index contributed by atoms with van der Waals surface area (Å²) in [6.07, 6.45) is -8.24. The standard InChI is InChI=1S/C14H16F6N2.ClH/c15-9-1-2-10(11(7-9)14(18,19)20)12(8-13(16)17)22-5-3-21-4-6-22;/h1-2,7,12-13,21H,3-6,8H2;1H/t12-;/m1./s1. The van der Waals surface area contributed by atoms with Gasteiger partial charge in [-0.05, 0) is 17.7 Å². The van der Waals surface area contributed by atoms with Crippen molar-refractivity contribution in [2.45, 2.75) is 25.1 Å². The molecule has 9 heteroatoms. The molecular weight excluding hydrogens is 346 g/mol. The molecule has 1 aromatic carbocycles. The SMILES string of the molecule is Cl.Fc1ccc([C@@H](CC(F)F)N2CCNCC2)c(C(F)(F)F)c1. The molecule has 2 nitrogen and oxygen atoms in total. The lowest BCUT2D eigenvalue weighted by Crippen LogP contribution is -2.45. The third-order valence-corrected chi connectivity index (χ3v) is 3.67. The van der Waals surface area contributed by atoms with Gasteiger partial charge in [-0.15, -0.1) is 12.4 Å². The van der Waals surface area contributed by atoms with E-state index in [1.807, 2.05) is 0 Å². The van der Waals surface area contributed by atoms with Crippen LogP contribution in [0.4, 0.5) is 26.3 Å². The highest BCUT2D eigenvalue weighted by Gasteiger charge is 2.38. The summed E-state index contributed by atoms with van der Waals surface area (Å²) in [5.74, 6) is -1.04. The third-order valence-electron chi connectivity index (χ3n) is 3.67. The highest BCUT2D eigenvalue weighted by atomic mass is 35.5. The Balaban J connectivity index is 0.00000264. The Bertz CT molecular complexity index is 503. The molecule has 0 amide bonds. The van der Waals surface area contributed by atoms with Crippen LogP contribution in [0, 0.1) is 5.82 Å². The van der Waals surface area contributed by atoms with Crippen molar-refractivity contribution >= 4 is 12.4 Å². The Hall–Kier alpha value is -0.990. The molecule has 1 heterocycles. The monoisotopic (exact) mass is 362 g/mol. The largest absolute Gasteiger partial charge is 0.416 e. The fourth-order valence-corrected chi connectivity index (χ4v) is 2.70. The van der Waals surface area contributed by atoms with E-state index in [2.05, 4.69) is 5.32 Å². The van der Waals surface area contributed by atoms with Crippen LogP contribution >= 0.6 is 12.4 Å². The first-order valence-corrected chi connectivity index (χ1v) is 6.88. The predicted molar refractivity (Wildman–Crippen MR) is 76.5 cm³/mol. The van der Waals surface area contributed by atoms with Crippen LogP contribution < -0.4 is 5.32 Å². The molecule has 1 fully saturated rings. The topological polar surface area (TPSA) is 15.3 Å². The van der Waals surface area contributed by atoms with Crippen LogP contribution in [-0.4, -0.2) is 37.5 Å². The minimum absolute atomic E-state index is 0. The molecule has 0 radical (unpaired) electrons. The van der Waals surface area contributed by atoms with Crippen LogP contribution in [0.15, 0.2) is 18.2 Å². The molecule has 1 aliphatic heterocycles. The maximum atomic E-state index is 13.2. The molecule has 0 aromatic heterocycles. The summed E-state index contributed by atoms with van der Waals surface area (Å²) in [6.45, 7) is 1.77. The van der Waals surface area contributed by atoms with Gasteiger partial charge in [-0.1, -0.05) is 6.07 Å². The van der Waals surface area contributed by atoms with Crippen LogP contribution in [0.2, 0.25) is 0 Å². The maximum Gasteiger partial charge on any atom is 0.416 e. The second-order valence-corrected chi connectivity index (χ2v) is 5.16. The highest BCUT2D eigenvalue weighted by Crippen LogP contribution is 2.38. The summed E-state index contributed by atoms with van der Waals surface area (Å²) in [5, 5.41) is 3.02. The summed E-state index contributed by atoms with van der Waals surface area (Å²) in [5.41, 5.74) is -1.48. The molecule has 1 aromatic rings. The zero-order valence-electron chi connectivity index (χ0n) is 12.0. The van der Waals surface area contributed by atoms with E-state index in [4.69, 9.17) is 0 Å². The Morgan fingerprint density at radius 3 is 2.26 bits per heavy atom. The van der Waals surface area contributed by atoms with E-state index < -0.39 is 36.4 Å². The first-order chi connectivity index (χ1) is 10.3. The molecule has 2 rings (SSSR count). The quantitative estimate of drug-likeness (QED) is 0.818. The van der Waals surface area contributed by atoms with Crippen LogP contribution in [-0.2, 0) is 6.18 Å². The van der Waals surface area contributed by atoms with Gasteiger partial charge in [-0.25, -0.2) is 13.2 Å². The van der Waals surface area contributed by atoms with E-state index in [1.54, 1.807) is 4.90 Å². The van der Waals surface area contributed by atoms with Crippen molar-refractivity contribution in [3.63, 3.8) is 0 Å². The first kappa shape index (κ1) is 20.1. The number of nitrogens with zero attached hydrogens (tertiary/aromatic N) is 1. The molecule has 23 heavy (non-hydrogen) atoms. The summed E-state index contributed by atoms with van der Waals surface area (Å²) in [6, 6.07) is 1.13. The predicted octanol–water partition coefficient (Wildman–Crippen LogP) is 3.87. The van der Waals surface area contributed by atoms with Crippen molar-refractivity contribution in [2.75, 3.05) is 26.2 Å². The van der Waals surface area contributed by atoms with Crippen molar-refractivity contribution < 1.29 is 26.3 Å². The molecule has 0 spiro atoms. The number of rotatable bonds is 4. The molecule has 0 bridgehead atoms. The molecule has 1 saturated heterocycles. The Morgan fingerprint density at radius 2 is 1.74 bits per heavy atom. The molecule has 1 aliphatic rings. The number of hydrogen-bond donors (Lipinski definition) is 1. The number of benzene rings is 1. The number of halogens is 7. The number of nitrogens with one attached hydrogen (secondary N) is 1. The van der Waals surface area contributed by atoms with E-state index in [1.165, 1.54) is 0 Å². The van der Waals surface area contributed by atoms with Crippen LogP contribution in [0.1, 0.15) is 23.6 Å². The third kappa shape index (κ3) is 5.26. The first-order valence-electron chi connectivity index (χ1n) is 6.88. The lowest BCUT2D eigenvalue weighted by Gasteiger charge is -2.36. The van der Waals surface area contributed by atoms with Crippen LogP contribution in [0.5, 0.6) is 0 Å². The van der Waals surface area contributed by atoms with Crippen LogP contribution in [0.25, 0.3) is 0 Å². The van der Waals surface area contributed by atoms with Crippen molar-refractivity contribution in [1.29, 1.82) is 0 Å². The van der Waals surface area contributed by atoms with E-state index in [9.17, 15) is 26.3 Å². The summed E-state index contributed by atoms with van der Waals surface area (Å²) in [7, 11) is 0. The fourth-order valence-electron chi connectivity index (χ4n) is 2.70. The minimum Gasteiger partial charge on any atom is -0.314 e. The Kier molecular flexibility index (Phi) is 7.16. The maximum absolute atomic E-state index is 13.2. The van der Waals surface area contributed by atoms with E-state index in [0.717, 1.165) is 12.1 Å². The molecule has 1 N–H and O–H groups in total. The summed E-state index contributed by atoms with van der Waals surface area (Å²) >= 11 is 0. The Morgan fingerprint density at radius 1 is 1.13 bits per heavy atom. The molecule has 0 saturated carbocycles. The zero-order valence-corrected chi connectivity index (χ0v) is 12.9. The molecule has 0 unspecified atom stereocenters. The summed E-state index contributed by atoms with van der Waals surface area (Å²) < 4.78 is 78.2. The lowest BCUT2D eigenvalue weighted by atomic mass is 9.95. The van der Waals surface area contributed by atoms with Crippen molar-refractivity contribution in [3.8, 4) is 0 Å². The second-order valence-electron chi connectivity index (χ2n) is 5.16. The van der Waals surface area contributed by atoms with E-state index >= 15 is 0 Å². The number of alkyl halides is 5. The van der Waals surface area contributed by atoms with E-state index in [-0.39, 0.29) is 18.0 Å². The van der Waals surface area contributed by atoms with Gasteiger partial charge in [0.1, 0.15) is 5.82 Å². The van der Waals surface area contributed by atoms with Crippen molar-refractivity contribution in [3.05, 3.63) is 35.1 Å². The molecular formula is C14H17ClF6N2. The average molecular weight is 363 g/mol. The molecule has 0 aliphatic carbocycles. The summed E-state index contributed by atoms with van der Waals surface area (Å²) in [4.78, 5) is 1.59. The smallest absolute Gasteiger partial charge is 0.314 e. The second kappa shape index (κ2) is 8.21.